The fraction of sp³-hybridized carbons (Fsp3) is 0.625. The van der Waals surface area contributed by atoms with Gasteiger partial charge >= 0.3 is 0 Å². The molecule has 0 aliphatic carbocycles. The third-order valence-electron chi connectivity index (χ3n) is 4.42. The number of hydrogen-bond acceptors (Lipinski definition) is 4. The van der Waals surface area contributed by atoms with Crippen LogP contribution in [-0.4, -0.2) is 54.3 Å². The van der Waals surface area contributed by atoms with Crippen molar-refractivity contribution in [1.29, 1.82) is 0 Å². The van der Waals surface area contributed by atoms with Crippen LogP contribution in [0, 0.1) is 0 Å². The summed E-state index contributed by atoms with van der Waals surface area (Å²) in [4.78, 5) is 18.3. The summed E-state index contributed by atoms with van der Waals surface area (Å²) in [7, 11) is 0. The standard InChI is InChI=1S/C16H21FN2O3/c1-12-14(22-11-10-21-12)15(20)19-8-5-16(17,6-9-19)13-4-2-3-7-18-13/h2-4,7,12,14H,5-6,8-11H2,1H3/t12-,14-/m0/s1. The normalized spacial score (nSPS) is 28.4. The van der Waals surface area contributed by atoms with Crippen LogP contribution in [0.3, 0.4) is 0 Å². The van der Waals surface area contributed by atoms with E-state index in [-0.39, 0.29) is 24.9 Å². The summed E-state index contributed by atoms with van der Waals surface area (Å²) in [5.41, 5.74) is -0.999. The maximum absolute atomic E-state index is 15.0. The highest BCUT2D eigenvalue weighted by molar-refractivity contribution is 5.81. The number of carbonyl (C=O) groups excluding carboxylic acids is 1. The smallest absolute Gasteiger partial charge is 0.254 e. The van der Waals surface area contributed by atoms with Crippen LogP contribution in [-0.2, 0) is 19.9 Å². The molecule has 2 aliphatic heterocycles. The molecule has 0 radical (unpaired) electrons. The number of hydrogen-bond donors (Lipinski definition) is 0. The first-order chi connectivity index (χ1) is 10.6. The average molecular weight is 308 g/mol. The van der Waals surface area contributed by atoms with Gasteiger partial charge in [-0.05, 0) is 19.1 Å². The maximum atomic E-state index is 15.0. The maximum Gasteiger partial charge on any atom is 0.254 e. The Hall–Kier alpha value is -1.53. The first kappa shape index (κ1) is 15.4. The van der Waals surface area contributed by atoms with Gasteiger partial charge in [-0.15, -0.1) is 0 Å². The van der Waals surface area contributed by atoms with Gasteiger partial charge in [-0.1, -0.05) is 6.07 Å². The van der Waals surface area contributed by atoms with E-state index < -0.39 is 11.8 Å². The number of nitrogens with zero attached hydrogens (tertiary/aromatic N) is 2. The first-order valence-electron chi connectivity index (χ1n) is 7.72. The minimum atomic E-state index is -1.45. The third kappa shape index (κ3) is 2.98. The highest BCUT2D eigenvalue weighted by Gasteiger charge is 2.41. The molecule has 2 atom stereocenters. The number of ether oxygens (including phenoxy) is 2. The van der Waals surface area contributed by atoms with Crippen molar-refractivity contribution in [2.24, 2.45) is 0 Å². The van der Waals surface area contributed by atoms with E-state index in [1.165, 1.54) is 0 Å². The molecule has 0 saturated carbocycles. The zero-order valence-electron chi connectivity index (χ0n) is 12.7. The predicted octanol–water partition coefficient (Wildman–Crippen LogP) is 1.67. The van der Waals surface area contributed by atoms with Crippen LogP contribution in [0.15, 0.2) is 24.4 Å². The van der Waals surface area contributed by atoms with E-state index in [2.05, 4.69) is 4.98 Å². The molecule has 0 N–H and O–H groups in total. The van der Waals surface area contributed by atoms with E-state index in [4.69, 9.17) is 9.47 Å². The van der Waals surface area contributed by atoms with Gasteiger partial charge in [0.1, 0.15) is 0 Å². The van der Waals surface area contributed by atoms with Crippen LogP contribution in [0.2, 0.25) is 0 Å². The quantitative estimate of drug-likeness (QED) is 0.834. The molecule has 0 bridgehead atoms. The van der Waals surface area contributed by atoms with Crippen molar-refractivity contribution in [2.45, 2.75) is 37.6 Å². The fourth-order valence-electron chi connectivity index (χ4n) is 3.05. The number of likely N-dealkylation sites (tertiary alicyclic amines) is 1. The number of piperidine rings is 1. The predicted molar refractivity (Wildman–Crippen MR) is 78.0 cm³/mol. The number of aromatic nitrogens is 1. The van der Waals surface area contributed by atoms with Crippen LogP contribution in [0.25, 0.3) is 0 Å². The zero-order chi connectivity index (χ0) is 15.6. The molecule has 2 fully saturated rings. The molecular formula is C16H21FN2O3. The molecule has 120 valence electrons. The SMILES string of the molecule is C[C@@H]1OCCO[C@@H]1C(=O)N1CCC(F)(c2ccccn2)CC1. The minimum Gasteiger partial charge on any atom is -0.373 e. The second-order valence-electron chi connectivity index (χ2n) is 5.87. The molecule has 0 spiro atoms. The second-order valence-corrected chi connectivity index (χ2v) is 5.87. The van der Waals surface area contributed by atoms with Crippen molar-refractivity contribution >= 4 is 5.91 Å². The third-order valence-corrected chi connectivity index (χ3v) is 4.42. The van der Waals surface area contributed by atoms with Gasteiger partial charge in [0.15, 0.2) is 11.8 Å². The van der Waals surface area contributed by atoms with Crippen molar-refractivity contribution in [1.82, 2.24) is 9.88 Å². The summed E-state index contributed by atoms with van der Waals surface area (Å²) in [5.74, 6) is -0.102. The molecule has 0 unspecified atom stereocenters. The molecular weight excluding hydrogens is 287 g/mol. The summed E-state index contributed by atoms with van der Waals surface area (Å²) in [6.07, 6.45) is 1.29. The molecule has 3 rings (SSSR count). The molecule has 1 aromatic rings. The lowest BCUT2D eigenvalue weighted by Crippen LogP contribution is -2.52. The van der Waals surface area contributed by atoms with Gasteiger partial charge in [0.05, 0.1) is 25.0 Å². The summed E-state index contributed by atoms with van der Waals surface area (Å²) in [6, 6.07) is 5.26. The lowest BCUT2D eigenvalue weighted by Gasteiger charge is -2.39. The van der Waals surface area contributed by atoms with Crippen molar-refractivity contribution < 1.29 is 18.7 Å². The van der Waals surface area contributed by atoms with Gasteiger partial charge in [-0.25, -0.2) is 4.39 Å². The Bertz CT molecular complexity index is 517. The number of pyridine rings is 1. The Morgan fingerprint density at radius 1 is 1.32 bits per heavy atom. The molecule has 2 saturated heterocycles. The molecule has 5 nitrogen and oxygen atoms in total. The van der Waals surface area contributed by atoms with Gasteiger partial charge < -0.3 is 14.4 Å². The van der Waals surface area contributed by atoms with Crippen molar-refractivity contribution in [2.75, 3.05) is 26.3 Å². The van der Waals surface area contributed by atoms with Crippen molar-refractivity contribution in [3.05, 3.63) is 30.1 Å². The summed E-state index contributed by atoms with van der Waals surface area (Å²) in [6.45, 7) is 3.52. The molecule has 2 aliphatic rings. The Morgan fingerprint density at radius 3 is 2.68 bits per heavy atom. The fourth-order valence-corrected chi connectivity index (χ4v) is 3.05. The summed E-state index contributed by atoms with van der Waals surface area (Å²) < 4.78 is 26.0. The lowest BCUT2D eigenvalue weighted by atomic mass is 9.89. The first-order valence-corrected chi connectivity index (χ1v) is 7.72. The molecule has 1 aromatic heterocycles. The van der Waals surface area contributed by atoms with Gasteiger partial charge in [0.2, 0.25) is 0 Å². The number of rotatable bonds is 2. The molecule has 22 heavy (non-hydrogen) atoms. The summed E-state index contributed by atoms with van der Waals surface area (Å²) >= 11 is 0. The van der Waals surface area contributed by atoms with Crippen LogP contribution in [0.1, 0.15) is 25.5 Å². The Kier molecular flexibility index (Phi) is 4.40. The van der Waals surface area contributed by atoms with Crippen LogP contribution < -0.4 is 0 Å². The van der Waals surface area contributed by atoms with Crippen LogP contribution in [0.5, 0.6) is 0 Å². The number of amides is 1. The van der Waals surface area contributed by atoms with Crippen molar-refractivity contribution in [3.8, 4) is 0 Å². The second kappa shape index (κ2) is 6.30. The molecule has 3 heterocycles. The average Bonchev–Trinajstić information content (AvgIpc) is 2.56. The van der Waals surface area contributed by atoms with E-state index in [9.17, 15) is 4.79 Å². The Labute approximate surface area is 129 Å². The van der Waals surface area contributed by atoms with Crippen molar-refractivity contribution in [3.63, 3.8) is 0 Å². The van der Waals surface area contributed by atoms with Crippen LogP contribution in [0.4, 0.5) is 4.39 Å². The van der Waals surface area contributed by atoms with E-state index in [0.29, 0.717) is 32.0 Å². The monoisotopic (exact) mass is 308 g/mol. The Balaban J connectivity index is 1.63. The summed E-state index contributed by atoms with van der Waals surface area (Å²) in [5, 5.41) is 0. The van der Waals surface area contributed by atoms with Crippen LogP contribution >= 0.6 is 0 Å². The number of halogens is 1. The van der Waals surface area contributed by atoms with Gasteiger partial charge in [-0.2, -0.15) is 0 Å². The molecule has 0 aromatic carbocycles. The van der Waals surface area contributed by atoms with E-state index >= 15 is 4.39 Å². The zero-order valence-corrected chi connectivity index (χ0v) is 12.7. The van der Waals surface area contributed by atoms with Gasteiger partial charge in [0.25, 0.3) is 5.91 Å². The lowest BCUT2D eigenvalue weighted by molar-refractivity contribution is -0.173. The van der Waals surface area contributed by atoms with Gasteiger partial charge in [0, 0.05) is 32.1 Å². The van der Waals surface area contributed by atoms with E-state index in [1.54, 1.807) is 29.3 Å². The molecule has 1 amide bonds. The highest BCUT2D eigenvalue weighted by Crippen LogP contribution is 2.36. The highest BCUT2D eigenvalue weighted by atomic mass is 19.1. The number of carbonyl (C=O) groups is 1. The number of alkyl halides is 1. The largest absolute Gasteiger partial charge is 0.373 e. The van der Waals surface area contributed by atoms with Gasteiger partial charge in [-0.3, -0.25) is 9.78 Å². The van der Waals surface area contributed by atoms with E-state index in [0.717, 1.165) is 0 Å². The molecule has 6 heteroatoms. The topological polar surface area (TPSA) is 51.7 Å². The van der Waals surface area contributed by atoms with E-state index in [1.807, 2.05) is 6.92 Å². The Morgan fingerprint density at radius 2 is 2.05 bits per heavy atom. The minimum absolute atomic E-state index is 0.102.